The highest BCUT2D eigenvalue weighted by Crippen LogP contribution is 2.21. The molecule has 0 aliphatic heterocycles. The van der Waals surface area contributed by atoms with Gasteiger partial charge in [0.05, 0.1) is 19.9 Å². The molecule has 0 spiro atoms. The first-order chi connectivity index (χ1) is 8.60. The number of aromatic nitrogens is 3. The van der Waals surface area contributed by atoms with Crippen molar-refractivity contribution in [1.29, 1.82) is 0 Å². The van der Waals surface area contributed by atoms with Crippen LogP contribution in [0.3, 0.4) is 0 Å². The molecule has 0 N–H and O–H groups in total. The van der Waals surface area contributed by atoms with E-state index in [1.807, 2.05) is 0 Å². The number of ether oxygens (including phenoxy) is 1. The minimum Gasteiger partial charge on any atom is -0.464 e. The van der Waals surface area contributed by atoms with Gasteiger partial charge < -0.3 is 4.74 Å². The second-order valence-corrected chi connectivity index (χ2v) is 4.37. The average Bonchev–Trinajstić information content (AvgIpc) is 2.81. The first kappa shape index (κ1) is 12.9. The van der Waals surface area contributed by atoms with Gasteiger partial charge in [0.25, 0.3) is 0 Å². The van der Waals surface area contributed by atoms with Gasteiger partial charge in [0, 0.05) is 10.0 Å². The molecule has 1 aromatic heterocycles. The van der Waals surface area contributed by atoms with Gasteiger partial charge in [-0.3, -0.25) is 0 Å². The molecule has 0 radical (unpaired) electrons. The number of esters is 1. The topological polar surface area (TPSA) is 57.0 Å². The van der Waals surface area contributed by atoms with E-state index < -0.39 is 5.97 Å². The fraction of sp³-hybridized carbons (Fsp3) is 0.182. The second kappa shape index (κ2) is 5.37. The SMILES string of the molecule is COC(=O)c1cn(Cc2cc(Cl)ccc2Cl)nn1. The standard InChI is InChI=1S/C11H9Cl2N3O2/c1-18-11(17)10-6-16(15-14-10)5-7-4-8(12)2-3-9(7)13/h2-4,6H,5H2,1H3. The molecule has 0 amide bonds. The zero-order valence-electron chi connectivity index (χ0n) is 9.43. The van der Waals surface area contributed by atoms with Gasteiger partial charge in [-0.1, -0.05) is 28.4 Å². The lowest BCUT2D eigenvalue weighted by molar-refractivity contribution is 0.0594. The molecule has 0 saturated carbocycles. The highest BCUT2D eigenvalue weighted by Gasteiger charge is 2.11. The summed E-state index contributed by atoms with van der Waals surface area (Å²) in [5, 5.41) is 8.68. The fourth-order valence-electron chi connectivity index (χ4n) is 1.41. The molecule has 0 aliphatic rings. The van der Waals surface area contributed by atoms with E-state index in [1.54, 1.807) is 18.2 Å². The molecule has 5 nitrogen and oxygen atoms in total. The smallest absolute Gasteiger partial charge is 0.360 e. The molecule has 1 heterocycles. The Labute approximate surface area is 113 Å². The highest BCUT2D eigenvalue weighted by molar-refractivity contribution is 6.33. The Kier molecular flexibility index (Phi) is 3.84. The van der Waals surface area contributed by atoms with E-state index in [0.717, 1.165) is 5.56 Å². The quantitative estimate of drug-likeness (QED) is 0.813. The highest BCUT2D eigenvalue weighted by atomic mass is 35.5. The van der Waals surface area contributed by atoms with Crippen LogP contribution in [0.25, 0.3) is 0 Å². The molecule has 94 valence electrons. The largest absolute Gasteiger partial charge is 0.464 e. The molecule has 0 fully saturated rings. The van der Waals surface area contributed by atoms with Gasteiger partial charge in [0.2, 0.25) is 0 Å². The van der Waals surface area contributed by atoms with Crippen LogP contribution in [0.4, 0.5) is 0 Å². The van der Waals surface area contributed by atoms with Crippen LogP contribution in [0.15, 0.2) is 24.4 Å². The van der Waals surface area contributed by atoms with Crippen LogP contribution in [-0.4, -0.2) is 28.1 Å². The molecule has 18 heavy (non-hydrogen) atoms. The molecule has 2 rings (SSSR count). The van der Waals surface area contributed by atoms with Crippen LogP contribution in [0.2, 0.25) is 10.0 Å². The lowest BCUT2D eigenvalue weighted by Gasteiger charge is -2.04. The molecule has 0 bridgehead atoms. The third kappa shape index (κ3) is 2.80. The van der Waals surface area contributed by atoms with Crippen LogP contribution < -0.4 is 0 Å². The van der Waals surface area contributed by atoms with Gasteiger partial charge in [-0.15, -0.1) is 5.10 Å². The third-order valence-corrected chi connectivity index (χ3v) is 2.88. The van der Waals surface area contributed by atoms with Crippen molar-refractivity contribution in [3.8, 4) is 0 Å². The van der Waals surface area contributed by atoms with E-state index in [-0.39, 0.29) is 5.69 Å². The van der Waals surface area contributed by atoms with Gasteiger partial charge in [0.15, 0.2) is 5.69 Å². The number of methoxy groups -OCH3 is 1. The van der Waals surface area contributed by atoms with Crippen LogP contribution in [0.5, 0.6) is 0 Å². The lowest BCUT2D eigenvalue weighted by Crippen LogP contribution is -2.02. The number of carbonyl (C=O) groups is 1. The number of rotatable bonds is 3. The summed E-state index contributed by atoms with van der Waals surface area (Å²) in [6.45, 7) is 0.378. The maximum atomic E-state index is 11.2. The lowest BCUT2D eigenvalue weighted by atomic mass is 10.2. The van der Waals surface area contributed by atoms with Crippen molar-refractivity contribution in [2.24, 2.45) is 0 Å². The monoisotopic (exact) mass is 285 g/mol. The van der Waals surface area contributed by atoms with Gasteiger partial charge in [-0.25, -0.2) is 9.48 Å². The number of halogens is 2. The molecule has 0 unspecified atom stereocenters. The number of benzene rings is 1. The van der Waals surface area contributed by atoms with Crippen molar-refractivity contribution in [1.82, 2.24) is 15.0 Å². The molecule has 0 aliphatic carbocycles. The molecule has 1 aromatic carbocycles. The Hall–Kier alpha value is -1.59. The van der Waals surface area contributed by atoms with Crippen LogP contribution in [0.1, 0.15) is 16.1 Å². The predicted octanol–water partition coefficient (Wildman–Crippen LogP) is 2.42. The zero-order valence-corrected chi connectivity index (χ0v) is 10.9. The van der Waals surface area contributed by atoms with E-state index >= 15 is 0 Å². The summed E-state index contributed by atoms with van der Waals surface area (Å²) in [6.07, 6.45) is 1.49. The first-order valence-electron chi connectivity index (χ1n) is 5.02. The molecule has 7 heteroatoms. The summed E-state index contributed by atoms with van der Waals surface area (Å²) in [7, 11) is 1.29. The fourth-order valence-corrected chi connectivity index (χ4v) is 1.78. The first-order valence-corrected chi connectivity index (χ1v) is 5.78. The Morgan fingerprint density at radius 2 is 2.22 bits per heavy atom. The summed E-state index contributed by atoms with van der Waals surface area (Å²) >= 11 is 11.9. The Morgan fingerprint density at radius 1 is 1.44 bits per heavy atom. The van der Waals surface area contributed by atoms with Crippen molar-refractivity contribution < 1.29 is 9.53 Å². The van der Waals surface area contributed by atoms with Crippen molar-refractivity contribution in [2.75, 3.05) is 7.11 Å². The summed E-state index contributed by atoms with van der Waals surface area (Å²) in [6, 6.07) is 5.15. The number of carbonyl (C=O) groups excluding carboxylic acids is 1. The molecule has 0 atom stereocenters. The normalized spacial score (nSPS) is 10.4. The van der Waals surface area contributed by atoms with Crippen LogP contribution in [-0.2, 0) is 11.3 Å². The minimum atomic E-state index is -0.529. The van der Waals surface area contributed by atoms with Gasteiger partial charge in [-0.2, -0.15) is 0 Å². The maximum Gasteiger partial charge on any atom is 0.360 e. The summed E-state index contributed by atoms with van der Waals surface area (Å²) < 4.78 is 6.03. The van der Waals surface area contributed by atoms with E-state index in [2.05, 4.69) is 15.0 Å². The Bertz CT molecular complexity index is 583. The molecular formula is C11H9Cl2N3O2. The van der Waals surface area contributed by atoms with Gasteiger partial charge in [0.1, 0.15) is 0 Å². The molecular weight excluding hydrogens is 277 g/mol. The van der Waals surface area contributed by atoms with Crippen molar-refractivity contribution in [3.63, 3.8) is 0 Å². The van der Waals surface area contributed by atoms with Gasteiger partial charge >= 0.3 is 5.97 Å². The van der Waals surface area contributed by atoms with Crippen molar-refractivity contribution in [2.45, 2.75) is 6.54 Å². The van der Waals surface area contributed by atoms with E-state index in [4.69, 9.17) is 23.2 Å². The summed E-state index contributed by atoms with van der Waals surface area (Å²) in [4.78, 5) is 11.2. The Morgan fingerprint density at radius 3 is 2.94 bits per heavy atom. The molecule has 2 aromatic rings. The number of hydrogen-bond donors (Lipinski definition) is 0. The van der Waals surface area contributed by atoms with Crippen LogP contribution >= 0.6 is 23.2 Å². The summed E-state index contributed by atoms with van der Waals surface area (Å²) in [5.41, 5.74) is 0.945. The maximum absolute atomic E-state index is 11.2. The summed E-state index contributed by atoms with van der Waals surface area (Å²) in [5.74, 6) is -0.529. The van der Waals surface area contributed by atoms with E-state index in [0.29, 0.717) is 16.6 Å². The van der Waals surface area contributed by atoms with Gasteiger partial charge in [-0.05, 0) is 23.8 Å². The van der Waals surface area contributed by atoms with Crippen molar-refractivity contribution >= 4 is 29.2 Å². The zero-order chi connectivity index (χ0) is 13.1. The predicted molar refractivity (Wildman–Crippen MR) is 66.9 cm³/mol. The second-order valence-electron chi connectivity index (χ2n) is 3.53. The minimum absolute atomic E-state index is 0.149. The third-order valence-electron chi connectivity index (χ3n) is 2.27. The van der Waals surface area contributed by atoms with E-state index in [9.17, 15) is 4.79 Å². The van der Waals surface area contributed by atoms with Crippen molar-refractivity contribution in [3.05, 3.63) is 45.7 Å². The average molecular weight is 286 g/mol. The van der Waals surface area contributed by atoms with E-state index in [1.165, 1.54) is 18.0 Å². The molecule has 0 saturated heterocycles. The number of hydrogen-bond acceptors (Lipinski definition) is 4. The Balaban J connectivity index is 2.21. The van der Waals surface area contributed by atoms with Crippen LogP contribution in [0, 0.1) is 0 Å². The number of nitrogens with zero attached hydrogens (tertiary/aromatic N) is 3.